The van der Waals surface area contributed by atoms with Gasteiger partial charge in [0.25, 0.3) is 0 Å². The number of hydrogen-bond donors (Lipinski definition) is 1. The quantitative estimate of drug-likeness (QED) is 0.777. The van der Waals surface area contributed by atoms with Crippen molar-refractivity contribution in [1.82, 2.24) is 9.55 Å². The van der Waals surface area contributed by atoms with Crippen molar-refractivity contribution >= 4 is 0 Å². The first-order chi connectivity index (χ1) is 6.71. The van der Waals surface area contributed by atoms with Crippen molar-refractivity contribution in [3.8, 4) is 0 Å². The van der Waals surface area contributed by atoms with Crippen LogP contribution in [0.5, 0.6) is 0 Å². The number of hydrogen-bond acceptors (Lipinski definition) is 2. The molecule has 2 saturated carbocycles. The van der Waals surface area contributed by atoms with Crippen molar-refractivity contribution in [3.05, 3.63) is 18.2 Å². The van der Waals surface area contributed by atoms with E-state index in [1.165, 1.54) is 19.3 Å². The predicted molar refractivity (Wildman–Crippen MR) is 54.7 cm³/mol. The van der Waals surface area contributed by atoms with Gasteiger partial charge in [-0.2, -0.15) is 0 Å². The second-order valence-electron chi connectivity index (χ2n) is 5.00. The van der Waals surface area contributed by atoms with E-state index in [9.17, 15) is 0 Å². The lowest BCUT2D eigenvalue weighted by atomic mass is 10.1. The molecule has 3 heteroatoms. The van der Waals surface area contributed by atoms with Gasteiger partial charge in [0.15, 0.2) is 0 Å². The molecule has 2 N–H and O–H groups in total. The molecule has 0 aliphatic heterocycles. The molecule has 2 fully saturated rings. The molecular weight excluding hydrogens is 174 g/mol. The Morgan fingerprint density at radius 3 is 3.00 bits per heavy atom. The Bertz CT molecular complexity index is 351. The highest BCUT2D eigenvalue weighted by Crippen LogP contribution is 2.71. The Morgan fingerprint density at radius 1 is 1.71 bits per heavy atom. The number of nitrogens with two attached hydrogens (primary N) is 1. The van der Waals surface area contributed by atoms with Gasteiger partial charge in [-0.05, 0) is 30.6 Å². The maximum Gasteiger partial charge on any atom is 0.109 e. The third kappa shape index (κ3) is 1.19. The first kappa shape index (κ1) is 8.48. The van der Waals surface area contributed by atoms with Gasteiger partial charge < -0.3 is 10.3 Å². The number of imidazole rings is 1. The summed E-state index contributed by atoms with van der Waals surface area (Å²) in [4.78, 5) is 4.32. The van der Waals surface area contributed by atoms with Crippen LogP contribution in [0.25, 0.3) is 0 Å². The fourth-order valence-corrected chi connectivity index (χ4v) is 2.67. The molecule has 0 saturated heterocycles. The van der Waals surface area contributed by atoms with Gasteiger partial charge >= 0.3 is 0 Å². The molecule has 1 aromatic rings. The van der Waals surface area contributed by atoms with E-state index in [0.717, 1.165) is 18.2 Å². The van der Waals surface area contributed by atoms with Gasteiger partial charge in [-0.25, -0.2) is 4.98 Å². The first-order valence-corrected chi connectivity index (χ1v) is 5.43. The third-order valence-corrected chi connectivity index (χ3v) is 4.00. The van der Waals surface area contributed by atoms with Crippen LogP contribution in [0.1, 0.15) is 25.1 Å². The lowest BCUT2D eigenvalue weighted by Gasteiger charge is -2.10. The lowest BCUT2D eigenvalue weighted by molar-refractivity contribution is 0.523. The van der Waals surface area contributed by atoms with Crippen molar-refractivity contribution in [2.24, 2.45) is 24.1 Å². The molecule has 2 unspecified atom stereocenters. The van der Waals surface area contributed by atoms with Crippen LogP contribution >= 0.6 is 0 Å². The molecule has 3 nitrogen and oxygen atoms in total. The highest BCUT2D eigenvalue weighted by Gasteiger charge is 2.64. The maximum atomic E-state index is 6.20. The monoisotopic (exact) mass is 191 g/mol. The molecule has 1 heterocycles. The molecule has 2 aliphatic rings. The maximum absolute atomic E-state index is 6.20. The summed E-state index contributed by atoms with van der Waals surface area (Å²) >= 11 is 0. The highest BCUT2D eigenvalue weighted by atomic mass is 15.0. The molecule has 1 spiro atoms. The van der Waals surface area contributed by atoms with Crippen LogP contribution in [0.3, 0.4) is 0 Å². The van der Waals surface area contributed by atoms with E-state index in [4.69, 9.17) is 5.73 Å². The second kappa shape index (κ2) is 2.60. The van der Waals surface area contributed by atoms with Crippen LogP contribution in [0, 0.1) is 11.3 Å². The molecule has 0 bridgehead atoms. The fraction of sp³-hybridized carbons (Fsp3) is 0.727. The summed E-state index contributed by atoms with van der Waals surface area (Å²) in [7, 11) is 2.04. The van der Waals surface area contributed by atoms with Crippen LogP contribution in [-0.4, -0.2) is 15.6 Å². The molecule has 0 aromatic carbocycles. The van der Waals surface area contributed by atoms with Crippen LogP contribution in [0.2, 0.25) is 0 Å². The van der Waals surface area contributed by atoms with E-state index < -0.39 is 0 Å². The van der Waals surface area contributed by atoms with E-state index in [-0.39, 0.29) is 0 Å². The van der Waals surface area contributed by atoms with Crippen molar-refractivity contribution < 1.29 is 0 Å². The van der Waals surface area contributed by atoms with E-state index in [1.54, 1.807) is 0 Å². The van der Waals surface area contributed by atoms with Gasteiger partial charge in [0, 0.05) is 31.9 Å². The molecule has 2 atom stereocenters. The van der Waals surface area contributed by atoms with Gasteiger partial charge in [-0.3, -0.25) is 0 Å². The Morgan fingerprint density at radius 2 is 2.50 bits per heavy atom. The van der Waals surface area contributed by atoms with Crippen molar-refractivity contribution in [1.29, 1.82) is 0 Å². The molecule has 0 radical (unpaired) electrons. The van der Waals surface area contributed by atoms with Crippen molar-refractivity contribution in [2.75, 3.05) is 0 Å². The lowest BCUT2D eigenvalue weighted by Crippen LogP contribution is -2.27. The summed E-state index contributed by atoms with van der Waals surface area (Å²) in [5.41, 5.74) is 6.91. The molecule has 2 aliphatic carbocycles. The zero-order valence-electron chi connectivity index (χ0n) is 8.61. The van der Waals surface area contributed by atoms with Gasteiger partial charge in [0.1, 0.15) is 5.82 Å². The number of nitrogens with zero attached hydrogens (tertiary/aromatic N) is 2. The Hall–Kier alpha value is -0.830. The summed E-state index contributed by atoms with van der Waals surface area (Å²) in [6.07, 6.45) is 9.00. The van der Waals surface area contributed by atoms with E-state index >= 15 is 0 Å². The van der Waals surface area contributed by atoms with E-state index in [0.29, 0.717) is 11.5 Å². The normalized spacial score (nSPS) is 29.1. The minimum Gasteiger partial charge on any atom is -0.338 e. The van der Waals surface area contributed by atoms with Crippen LogP contribution < -0.4 is 5.73 Å². The Labute approximate surface area is 84.3 Å². The van der Waals surface area contributed by atoms with Gasteiger partial charge in [0.05, 0.1) is 0 Å². The number of aryl methyl sites for hydroxylation is 1. The van der Waals surface area contributed by atoms with Crippen LogP contribution in [-0.2, 0) is 13.5 Å². The van der Waals surface area contributed by atoms with E-state index in [1.807, 2.05) is 19.4 Å². The smallest absolute Gasteiger partial charge is 0.109 e. The van der Waals surface area contributed by atoms with Crippen LogP contribution in [0.4, 0.5) is 0 Å². The van der Waals surface area contributed by atoms with E-state index in [2.05, 4.69) is 9.55 Å². The number of rotatable bonds is 3. The fourth-order valence-electron chi connectivity index (χ4n) is 2.67. The SMILES string of the molecule is Cn1ccnc1CC(N)C1CC12CC2. The third-order valence-electron chi connectivity index (χ3n) is 4.00. The van der Waals surface area contributed by atoms with Gasteiger partial charge in [0.2, 0.25) is 0 Å². The molecule has 3 rings (SSSR count). The molecule has 1 aromatic heterocycles. The summed E-state index contributed by atoms with van der Waals surface area (Å²) in [5.74, 6) is 1.92. The molecule has 76 valence electrons. The summed E-state index contributed by atoms with van der Waals surface area (Å²) in [6.45, 7) is 0. The first-order valence-electron chi connectivity index (χ1n) is 5.43. The molecule has 14 heavy (non-hydrogen) atoms. The van der Waals surface area contributed by atoms with Crippen molar-refractivity contribution in [3.63, 3.8) is 0 Å². The molecule has 0 amide bonds. The summed E-state index contributed by atoms with van der Waals surface area (Å²) < 4.78 is 2.07. The second-order valence-corrected chi connectivity index (χ2v) is 5.00. The topological polar surface area (TPSA) is 43.8 Å². The minimum absolute atomic E-state index is 0.332. The summed E-state index contributed by atoms with van der Waals surface area (Å²) in [5, 5.41) is 0. The highest BCUT2D eigenvalue weighted by molar-refractivity contribution is 5.16. The Kier molecular flexibility index (Phi) is 1.57. The zero-order valence-corrected chi connectivity index (χ0v) is 8.61. The van der Waals surface area contributed by atoms with Crippen LogP contribution in [0.15, 0.2) is 12.4 Å². The van der Waals surface area contributed by atoms with Crippen molar-refractivity contribution in [2.45, 2.75) is 31.7 Å². The van der Waals surface area contributed by atoms with Gasteiger partial charge in [-0.1, -0.05) is 0 Å². The zero-order chi connectivity index (χ0) is 9.76. The minimum atomic E-state index is 0.332. The average molecular weight is 191 g/mol. The Balaban J connectivity index is 1.65. The largest absolute Gasteiger partial charge is 0.338 e. The predicted octanol–water partition coefficient (Wildman–Crippen LogP) is 1.09. The number of aromatic nitrogens is 2. The van der Waals surface area contributed by atoms with Gasteiger partial charge in [-0.15, -0.1) is 0 Å². The average Bonchev–Trinajstić information content (AvgIpc) is 3.05. The standard InChI is InChI=1S/C11H17N3/c1-14-5-4-13-10(14)6-9(12)8-7-11(8)2-3-11/h4-5,8-9H,2-3,6-7,12H2,1H3. The summed E-state index contributed by atoms with van der Waals surface area (Å²) in [6, 6.07) is 0.332. The molecular formula is C11H17N3.